The van der Waals surface area contributed by atoms with E-state index in [2.05, 4.69) is 0 Å². The fraction of sp³-hybridized carbons (Fsp3) is 0.467. The minimum absolute atomic E-state index is 0.210. The van der Waals surface area contributed by atoms with Gasteiger partial charge in [0, 0.05) is 0 Å². The van der Waals surface area contributed by atoms with Crippen LogP contribution in [0.3, 0.4) is 0 Å². The lowest BCUT2D eigenvalue weighted by Crippen LogP contribution is -2.26. The number of rotatable bonds is 7. The van der Waals surface area contributed by atoms with Crippen molar-refractivity contribution in [2.45, 2.75) is 20.3 Å². The van der Waals surface area contributed by atoms with E-state index < -0.39 is 11.9 Å². The minimum atomic E-state index is -0.784. The fourth-order valence-electron chi connectivity index (χ4n) is 1.88. The SMILES string of the molecule is CCOC(=O)C(Cc1ccc(OC)c(OC)c1)C(C)=O. The molecule has 1 atom stereocenters. The maximum atomic E-state index is 11.8. The van der Waals surface area contributed by atoms with Crippen LogP contribution in [-0.2, 0) is 20.7 Å². The minimum Gasteiger partial charge on any atom is -0.493 e. The van der Waals surface area contributed by atoms with Crippen LogP contribution in [0.4, 0.5) is 0 Å². The molecule has 1 aromatic rings. The van der Waals surface area contributed by atoms with E-state index in [0.29, 0.717) is 11.5 Å². The average molecular weight is 280 g/mol. The topological polar surface area (TPSA) is 61.8 Å². The molecular formula is C15H20O5. The molecule has 0 aliphatic rings. The van der Waals surface area contributed by atoms with E-state index >= 15 is 0 Å². The summed E-state index contributed by atoms with van der Waals surface area (Å²) in [6.45, 7) is 3.36. The first-order valence-electron chi connectivity index (χ1n) is 6.41. The molecule has 0 heterocycles. The molecule has 1 unspecified atom stereocenters. The number of methoxy groups -OCH3 is 2. The van der Waals surface area contributed by atoms with Crippen molar-refractivity contribution in [1.82, 2.24) is 0 Å². The van der Waals surface area contributed by atoms with Crippen molar-refractivity contribution in [3.63, 3.8) is 0 Å². The fourth-order valence-corrected chi connectivity index (χ4v) is 1.88. The highest BCUT2D eigenvalue weighted by atomic mass is 16.5. The molecule has 1 aromatic carbocycles. The third kappa shape index (κ3) is 3.98. The highest BCUT2D eigenvalue weighted by Gasteiger charge is 2.25. The second-order valence-electron chi connectivity index (χ2n) is 4.31. The summed E-state index contributed by atoms with van der Waals surface area (Å²) in [7, 11) is 3.09. The monoisotopic (exact) mass is 280 g/mol. The summed E-state index contributed by atoms with van der Waals surface area (Å²) >= 11 is 0. The van der Waals surface area contributed by atoms with Crippen molar-refractivity contribution in [1.29, 1.82) is 0 Å². The standard InChI is InChI=1S/C15H20O5/c1-5-20-15(17)12(10(2)16)8-11-6-7-13(18-3)14(9-11)19-4/h6-7,9,12H,5,8H2,1-4H3. The van der Waals surface area contributed by atoms with Gasteiger partial charge in [-0.05, 0) is 38.0 Å². The average Bonchev–Trinajstić information content (AvgIpc) is 2.44. The predicted octanol–water partition coefficient (Wildman–Crippen LogP) is 2.01. The summed E-state index contributed by atoms with van der Waals surface area (Å²) in [5, 5.41) is 0. The van der Waals surface area contributed by atoms with Gasteiger partial charge in [-0.1, -0.05) is 6.07 Å². The molecule has 0 spiro atoms. The highest BCUT2D eigenvalue weighted by molar-refractivity contribution is 5.98. The molecule has 5 heteroatoms. The van der Waals surface area contributed by atoms with Gasteiger partial charge in [-0.3, -0.25) is 9.59 Å². The third-order valence-electron chi connectivity index (χ3n) is 2.95. The van der Waals surface area contributed by atoms with Crippen LogP contribution in [0.25, 0.3) is 0 Å². The van der Waals surface area contributed by atoms with Crippen molar-refractivity contribution in [3.8, 4) is 11.5 Å². The van der Waals surface area contributed by atoms with Gasteiger partial charge in [0.1, 0.15) is 11.7 Å². The van der Waals surface area contributed by atoms with Crippen molar-refractivity contribution >= 4 is 11.8 Å². The van der Waals surface area contributed by atoms with Gasteiger partial charge < -0.3 is 14.2 Å². The van der Waals surface area contributed by atoms with Crippen molar-refractivity contribution in [2.75, 3.05) is 20.8 Å². The van der Waals surface area contributed by atoms with E-state index in [9.17, 15) is 9.59 Å². The third-order valence-corrected chi connectivity index (χ3v) is 2.95. The van der Waals surface area contributed by atoms with Crippen molar-refractivity contribution in [3.05, 3.63) is 23.8 Å². The zero-order valence-electron chi connectivity index (χ0n) is 12.3. The van der Waals surface area contributed by atoms with E-state index in [-0.39, 0.29) is 18.8 Å². The van der Waals surface area contributed by atoms with E-state index in [4.69, 9.17) is 14.2 Å². The molecule has 0 saturated carbocycles. The Bertz CT molecular complexity index is 481. The van der Waals surface area contributed by atoms with E-state index in [1.807, 2.05) is 0 Å². The molecule has 0 saturated heterocycles. The highest BCUT2D eigenvalue weighted by Crippen LogP contribution is 2.28. The zero-order valence-corrected chi connectivity index (χ0v) is 12.3. The number of ketones is 1. The molecule has 1 rings (SSSR count). The van der Waals surface area contributed by atoms with Crippen LogP contribution in [-0.4, -0.2) is 32.6 Å². The van der Waals surface area contributed by atoms with Crippen LogP contribution in [0.15, 0.2) is 18.2 Å². The maximum Gasteiger partial charge on any atom is 0.316 e. The maximum absolute atomic E-state index is 11.8. The summed E-state index contributed by atoms with van der Waals surface area (Å²) in [5.74, 6) is -0.316. The number of hydrogen-bond acceptors (Lipinski definition) is 5. The Morgan fingerprint density at radius 1 is 1.15 bits per heavy atom. The molecule has 0 bridgehead atoms. The number of hydrogen-bond donors (Lipinski definition) is 0. The Morgan fingerprint density at radius 3 is 2.30 bits per heavy atom. The number of carbonyl (C=O) groups is 2. The lowest BCUT2D eigenvalue weighted by atomic mass is 9.96. The lowest BCUT2D eigenvalue weighted by Gasteiger charge is -2.14. The lowest BCUT2D eigenvalue weighted by molar-refractivity contribution is -0.151. The molecule has 5 nitrogen and oxygen atoms in total. The Balaban J connectivity index is 2.94. The van der Waals surface area contributed by atoms with Gasteiger partial charge in [0.25, 0.3) is 0 Å². The van der Waals surface area contributed by atoms with Crippen LogP contribution in [0.2, 0.25) is 0 Å². The van der Waals surface area contributed by atoms with Gasteiger partial charge in [-0.15, -0.1) is 0 Å². The number of carbonyl (C=O) groups excluding carboxylic acids is 2. The van der Waals surface area contributed by atoms with Crippen LogP contribution >= 0.6 is 0 Å². The van der Waals surface area contributed by atoms with Crippen molar-refractivity contribution in [2.24, 2.45) is 5.92 Å². The van der Waals surface area contributed by atoms with Gasteiger partial charge >= 0.3 is 5.97 Å². The summed E-state index contributed by atoms with van der Waals surface area (Å²) < 4.78 is 15.3. The van der Waals surface area contributed by atoms with Crippen LogP contribution in [0.1, 0.15) is 19.4 Å². The zero-order chi connectivity index (χ0) is 15.1. The second kappa shape index (κ2) is 7.53. The molecule has 0 aromatic heterocycles. The molecule has 0 N–H and O–H groups in total. The van der Waals surface area contributed by atoms with E-state index in [1.165, 1.54) is 14.0 Å². The van der Waals surface area contributed by atoms with Gasteiger partial charge in [0.2, 0.25) is 0 Å². The Kier molecular flexibility index (Phi) is 6.03. The van der Waals surface area contributed by atoms with E-state index in [1.54, 1.807) is 32.2 Å². The van der Waals surface area contributed by atoms with Crippen molar-refractivity contribution < 1.29 is 23.8 Å². The Labute approximate surface area is 118 Å². The summed E-state index contributed by atoms with van der Waals surface area (Å²) in [4.78, 5) is 23.4. The van der Waals surface area contributed by atoms with Gasteiger partial charge in [0.05, 0.1) is 20.8 Å². The van der Waals surface area contributed by atoms with Gasteiger partial charge in [-0.2, -0.15) is 0 Å². The summed E-state index contributed by atoms with van der Waals surface area (Å²) in [5.41, 5.74) is 0.816. The number of ether oxygens (including phenoxy) is 3. The largest absolute Gasteiger partial charge is 0.493 e. The molecule has 0 fully saturated rings. The first kappa shape index (κ1) is 16.0. The Morgan fingerprint density at radius 2 is 1.80 bits per heavy atom. The number of Topliss-reactive ketones (excluding diaryl/α,β-unsaturated/α-hetero) is 1. The second-order valence-corrected chi connectivity index (χ2v) is 4.31. The summed E-state index contributed by atoms with van der Waals surface area (Å²) in [6, 6.07) is 5.31. The molecule has 0 amide bonds. The first-order chi connectivity index (χ1) is 9.53. The van der Waals surface area contributed by atoms with Crippen LogP contribution in [0, 0.1) is 5.92 Å². The molecule has 0 radical (unpaired) electrons. The Hall–Kier alpha value is -2.04. The first-order valence-corrected chi connectivity index (χ1v) is 6.41. The normalized spacial score (nSPS) is 11.6. The van der Waals surface area contributed by atoms with Gasteiger partial charge in [-0.25, -0.2) is 0 Å². The van der Waals surface area contributed by atoms with E-state index in [0.717, 1.165) is 5.56 Å². The number of benzene rings is 1. The summed E-state index contributed by atoms with van der Waals surface area (Å²) in [6.07, 6.45) is 0.286. The number of esters is 1. The molecule has 0 aliphatic heterocycles. The van der Waals surface area contributed by atoms with Crippen LogP contribution < -0.4 is 9.47 Å². The van der Waals surface area contributed by atoms with Crippen LogP contribution in [0.5, 0.6) is 11.5 Å². The molecule has 20 heavy (non-hydrogen) atoms. The predicted molar refractivity (Wildman–Crippen MR) is 74.1 cm³/mol. The quantitative estimate of drug-likeness (QED) is 0.565. The molecule has 110 valence electrons. The smallest absolute Gasteiger partial charge is 0.316 e. The molecular weight excluding hydrogens is 260 g/mol. The van der Waals surface area contributed by atoms with Gasteiger partial charge in [0.15, 0.2) is 11.5 Å². The molecule has 0 aliphatic carbocycles.